The van der Waals surface area contributed by atoms with Gasteiger partial charge < -0.3 is 0 Å². The summed E-state index contributed by atoms with van der Waals surface area (Å²) in [5, 5.41) is 0. The van der Waals surface area contributed by atoms with Gasteiger partial charge in [0.25, 0.3) is 0 Å². The van der Waals surface area contributed by atoms with Gasteiger partial charge in [-0.3, -0.25) is 0 Å². The monoisotopic (exact) mass is 322 g/mol. The number of halogens is 1. The van der Waals surface area contributed by atoms with Gasteiger partial charge in [0.15, 0.2) is 0 Å². The third-order valence-electron chi connectivity index (χ3n) is 4.02. The molecule has 0 radical (unpaired) electrons. The average molecular weight is 323 g/mol. The van der Waals surface area contributed by atoms with E-state index in [1.807, 2.05) is 0 Å². The van der Waals surface area contributed by atoms with Crippen LogP contribution in [0.1, 0.15) is 90.4 Å². The van der Waals surface area contributed by atoms with E-state index >= 15 is 0 Å². The molecular weight excluding hydrogens is 283 g/mol. The van der Waals surface area contributed by atoms with Gasteiger partial charge in [0, 0.05) is 0 Å². The second-order valence-electron chi connectivity index (χ2n) is 7.88. The van der Waals surface area contributed by atoms with Crippen LogP contribution in [0.4, 0.5) is 0 Å². The zero-order chi connectivity index (χ0) is 15.3. The van der Waals surface area contributed by atoms with Crippen molar-refractivity contribution < 1.29 is 0 Å². The Morgan fingerprint density at radius 1 is 0.550 bits per heavy atom. The Balaban J connectivity index is 3.11. The van der Waals surface area contributed by atoms with Gasteiger partial charge in [0.05, 0.1) is 0 Å². The SMILES string of the molecule is CCCCCCCCCCCCCCCP(C)(C)(C)Cl. The molecule has 0 aliphatic heterocycles. The summed E-state index contributed by atoms with van der Waals surface area (Å²) in [5.74, 6) is -1.74. The van der Waals surface area contributed by atoms with Crippen molar-refractivity contribution in [1.82, 2.24) is 0 Å². The van der Waals surface area contributed by atoms with Gasteiger partial charge in [0.2, 0.25) is 0 Å². The first-order chi connectivity index (χ1) is 9.31. The molecule has 0 bridgehead atoms. The minimum absolute atomic E-state index is 1.25. The summed E-state index contributed by atoms with van der Waals surface area (Å²) in [7, 11) is 0. The van der Waals surface area contributed by atoms with Crippen LogP contribution < -0.4 is 0 Å². The number of rotatable bonds is 14. The molecule has 0 heterocycles. The molecule has 0 fully saturated rings. The zero-order valence-corrected chi connectivity index (χ0v) is 16.4. The van der Waals surface area contributed by atoms with Gasteiger partial charge in [-0.25, -0.2) is 0 Å². The van der Waals surface area contributed by atoms with Crippen LogP contribution >= 0.6 is 17.2 Å². The van der Waals surface area contributed by atoms with E-state index in [4.69, 9.17) is 11.2 Å². The molecule has 20 heavy (non-hydrogen) atoms. The third-order valence-corrected chi connectivity index (χ3v) is 6.35. The van der Waals surface area contributed by atoms with Crippen LogP contribution in [0, 0.1) is 0 Å². The molecule has 0 saturated carbocycles. The molecule has 124 valence electrons. The van der Waals surface area contributed by atoms with Crippen molar-refractivity contribution >= 4 is 17.2 Å². The predicted octanol–water partition coefficient (Wildman–Crippen LogP) is 7.67. The van der Waals surface area contributed by atoms with Gasteiger partial charge in [-0.1, -0.05) is 19.8 Å². The Morgan fingerprint density at radius 3 is 1.15 bits per heavy atom. The normalized spacial score (nSPS) is 14.2. The van der Waals surface area contributed by atoms with Crippen LogP contribution in [-0.4, -0.2) is 26.2 Å². The van der Waals surface area contributed by atoms with Crippen LogP contribution in [0.2, 0.25) is 0 Å². The molecule has 0 nitrogen and oxygen atoms in total. The zero-order valence-electron chi connectivity index (χ0n) is 14.7. The van der Waals surface area contributed by atoms with E-state index < -0.39 is 5.96 Å². The van der Waals surface area contributed by atoms with Crippen LogP contribution in [0.25, 0.3) is 0 Å². The van der Waals surface area contributed by atoms with Crippen molar-refractivity contribution in [3.8, 4) is 0 Å². The van der Waals surface area contributed by atoms with Crippen molar-refractivity contribution in [2.75, 3.05) is 26.2 Å². The molecule has 0 unspecified atom stereocenters. The Hall–Kier alpha value is 0.720. The summed E-state index contributed by atoms with van der Waals surface area (Å²) in [6.07, 6.45) is 19.8. The Labute approximate surface area is 134 Å². The van der Waals surface area contributed by atoms with Crippen molar-refractivity contribution in [2.45, 2.75) is 90.4 Å². The molecule has 0 aromatic carbocycles. The van der Waals surface area contributed by atoms with Crippen LogP contribution in [0.3, 0.4) is 0 Å². The molecule has 0 spiro atoms. The quantitative estimate of drug-likeness (QED) is 0.227. The number of hydrogen-bond donors (Lipinski definition) is 0. The molecule has 0 N–H and O–H groups in total. The van der Waals surface area contributed by atoms with E-state index in [9.17, 15) is 0 Å². The van der Waals surface area contributed by atoms with E-state index in [1.54, 1.807) is 0 Å². The standard InChI is InChI=1S/C18H40ClP/c1-5-6-7-8-9-10-11-12-13-14-15-16-17-18-20(2,3,4)19/h5-18H2,1-4H3. The molecule has 2 heteroatoms. The molecule has 0 atom stereocenters. The van der Waals surface area contributed by atoms with Crippen LogP contribution in [-0.2, 0) is 0 Å². The summed E-state index contributed by atoms with van der Waals surface area (Å²) < 4.78 is 0. The van der Waals surface area contributed by atoms with Crippen LogP contribution in [0.15, 0.2) is 0 Å². The van der Waals surface area contributed by atoms with E-state index in [0.29, 0.717) is 0 Å². The van der Waals surface area contributed by atoms with E-state index in [1.165, 1.54) is 89.6 Å². The minimum atomic E-state index is -1.74. The molecule has 0 aromatic rings. The van der Waals surface area contributed by atoms with Gasteiger partial charge in [-0.05, 0) is 0 Å². The molecule has 0 aliphatic carbocycles. The summed E-state index contributed by atoms with van der Waals surface area (Å²) in [6.45, 7) is 9.10. The second kappa shape index (κ2) is 11.3. The number of hydrogen-bond acceptors (Lipinski definition) is 0. The van der Waals surface area contributed by atoms with Crippen molar-refractivity contribution in [2.24, 2.45) is 0 Å². The van der Waals surface area contributed by atoms with Gasteiger partial charge in [-0.15, -0.1) is 0 Å². The Bertz CT molecular complexity index is 208. The summed E-state index contributed by atoms with van der Waals surface area (Å²) in [5.41, 5.74) is 0. The fraction of sp³-hybridized carbons (Fsp3) is 1.00. The third kappa shape index (κ3) is 18.7. The van der Waals surface area contributed by atoms with E-state index in [2.05, 4.69) is 26.9 Å². The fourth-order valence-electron chi connectivity index (χ4n) is 2.66. The molecule has 0 saturated heterocycles. The van der Waals surface area contributed by atoms with Crippen molar-refractivity contribution in [3.63, 3.8) is 0 Å². The van der Waals surface area contributed by atoms with E-state index in [-0.39, 0.29) is 0 Å². The molecule has 0 rings (SSSR count). The van der Waals surface area contributed by atoms with Gasteiger partial charge in [-0.2, -0.15) is 0 Å². The van der Waals surface area contributed by atoms with Gasteiger partial charge in [0.1, 0.15) is 0 Å². The maximum atomic E-state index is 6.56. The summed E-state index contributed by atoms with van der Waals surface area (Å²) >= 11 is 6.56. The average Bonchev–Trinajstić information content (AvgIpc) is 2.33. The van der Waals surface area contributed by atoms with Gasteiger partial charge >= 0.3 is 114 Å². The topological polar surface area (TPSA) is 0 Å². The summed E-state index contributed by atoms with van der Waals surface area (Å²) in [4.78, 5) is 0. The van der Waals surface area contributed by atoms with Crippen molar-refractivity contribution in [3.05, 3.63) is 0 Å². The number of unbranched alkanes of at least 4 members (excludes halogenated alkanes) is 12. The molecule has 0 amide bonds. The second-order valence-corrected chi connectivity index (χ2v) is 17.9. The first-order valence-electron chi connectivity index (χ1n) is 9.03. The van der Waals surface area contributed by atoms with E-state index in [0.717, 1.165) is 0 Å². The Morgan fingerprint density at radius 2 is 0.850 bits per heavy atom. The first-order valence-corrected chi connectivity index (χ1v) is 13.7. The molecule has 0 aliphatic rings. The Kier molecular flexibility index (Phi) is 11.7. The maximum absolute atomic E-state index is 6.56. The van der Waals surface area contributed by atoms with Crippen LogP contribution in [0.5, 0.6) is 0 Å². The fourth-order valence-corrected chi connectivity index (χ4v) is 4.31. The first kappa shape index (κ1) is 20.7. The predicted molar refractivity (Wildman–Crippen MR) is 101 cm³/mol. The molecule has 0 aromatic heterocycles. The summed E-state index contributed by atoms with van der Waals surface area (Å²) in [6, 6.07) is 0. The van der Waals surface area contributed by atoms with Crippen molar-refractivity contribution in [1.29, 1.82) is 0 Å². The molecular formula is C18H40ClP.